The van der Waals surface area contributed by atoms with E-state index in [9.17, 15) is 4.79 Å². The van der Waals surface area contributed by atoms with Gasteiger partial charge in [0.15, 0.2) is 6.79 Å². The van der Waals surface area contributed by atoms with Crippen LogP contribution in [-0.2, 0) is 28.3 Å². The summed E-state index contributed by atoms with van der Waals surface area (Å²) >= 11 is 0. The van der Waals surface area contributed by atoms with Crippen LogP contribution >= 0.6 is 0 Å². The van der Waals surface area contributed by atoms with E-state index >= 15 is 0 Å². The fourth-order valence-corrected chi connectivity index (χ4v) is 3.53. The van der Waals surface area contributed by atoms with Crippen molar-refractivity contribution in [3.8, 4) is 0 Å². The van der Waals surface area contributed by atoms with Crippen LogP contribution in [0.3, 0.4) is 0 Å². The number of methoxy groups -OCH3 is 2. The van der Waals surface area contributed by atoms with Crippen LogP contribution in [0.4, 0.5) is 0 Å². The van der Waals surface area contributed by atoms with E-state index in [1.807, 2.05) is 19.0 Å². The van der Waals surface area contributed by atoms with Crippen molar-refractivity contribution in [2.75, 3.05) is 21.0 Å². The van der Waals surface area contributed by atoms with E-state index in [2.05, 4.69) is 77.2 Å². The molecule has 1 aliphatic rings. The van der Waals surface area contributed by atoms with Crippen molar-refractivity contribution < 1.29 is 28.3 Å². The SMILES string of the molecule is COCOC(=O)/C(C)=C/C=C(\C)[C@@H](C/C=C/C=C/CC/C=C/C[C@H](C)/C=C/B1OC(C)(C)C(C)(C)O1)OC. The summed E-state index contributed by atoms with van der Waals surface area (Å²) in [7, 11) is 2.89. The van der Waals surface area contributed by atoms with Gasteiger partial charge in [0, 0.05) is 19.8 Å². The third-order valence-electron chi connectivity index (χ3n) is 6.79. The van der Waals surface area contributed by atoms with Gasteiger partial charge in [0.25, 0.3) is 0 Å². The molecular weight excluding hydrogens is 479 g/mol. The summed E-state index contributed by atoms with van der Waals surface area (Å²) < 4.78 is 27.3. The molecule has 0 N–H and O–H groups in total. The largest absolute Gasteiger partial charge is 0.486 e. The van der Waals surface area contributed by atoms with Crippen molar-refractivity contribution in [3.05, 3.63) is 71.8 Å². The summed E-state index contributed by atoms with van der Waals surface area (Å²) in [5.41, 5.74) is 0.950. The van der Waals surface area contributed by atoms with Crippen LogP contribution < -0.4 is 0 Å². The van der Waals surface area contributed by atoms with Gasteiger partial charge in [0.2, 0.25) is 0 Å². The first-order chi connectivity index (χ1) is 17.9. The Morgan fingerprint density at radius 3 is 2.16 bits per heavy atom. The predicted molar refractivity (Wildman–Crippen MR) is 157 cm³/mol. The number of rotatable bonds is 16. The molecule has 0 radical (unpaired) electrons. The Balaban J connectivity index is 2.32. The molecule has 0 amide bonds. The topological polar surface area (TPSA) is 63.2 Å². The lowest BCUT2D eigenvalue weighted by Gasteiger charge is -2.32. The molecule has 7 heteroatoms. The maximum atomic E-state index is 11.8. The average molecular weight is 529 g/mol. The number of esters is 1. The molecule has 0 aliphatic carbocycles. The summed E-state index contributed by atoms with van der Waals surface area (Å²) in [6.45, 7) is 14.1. The van der Waals surface area contributed by atoms with Gasteiger partial charge in [-0.3, -0.25) is 0 Å². The minimum absolute atomic E-state index is 0.0524. The zero-order valence-electron chi connectivity index (χ0n) is 25.0. The Labute approximate surface area is 231 Å². The second-order valence-corrected chi connectivity index (χ2v) is 10.7. The first-order valence-corrected chi connectivity index (χ1v) is 13.5. The van der Waals surface area contributed by atoms with E-state index in [-0.39, 0.29) is 31.2 Å². The first kappa shape index (κ1) is 33.8. The van der Waals surface area contributed by atoms with E-state index in [0.29, 0.717) is 11.5 Å². The highest BCUT2D eigenvalue weighted by atomic mass is 16.7. The molecule has 1 saturated heterocycles. The van der Waals surface area contributed by atoms with Gasteiger partial charge in [0.05, 0.1) is 17.3 Å². The van der Waals surface area contributed by atoms with Gasteiger partial charge in [-0.15, -0.1) is 0 Å². The van der Waals surface area contributed by atoms with Crippen LogP contribution in [-0.4, -0.2) is 51.4 Å². The molecule has 1 heterocycles. The van der Waals surface area contributed by atoms with Gasteiger partial charge in [-0.1, -0.05) is 67.6 Å². The molecule has 0 aromatic carbocycles. The molecule has 0 saturated carbocycles. The normalized spacial score (nSPS) is 19.9. The summed E-state index contributed by atoms with van der Waals surface area (Å²) in [5, 5.41) is 0. The van der Waals surface area contributed by atoms with Crippen molar-refractivity contribution in [2.45, 2.75) is 91.5 Å². The molecule has 1 rings (SSSR count). The average Bonchev–Trinajstić information content (AvgIpc) is 3.08. The van der Waals surface area contributed by atoms with Crippen molar-refractivity contribution >= 4 is 13.1 Å². The number of hydrogen-bond donors (Lipinski definition) is 0. The van der Waals surface area contributed by atoms with Crippen LogP contribution in [0.2, 0.25) is 0 Å². The molecule has 0 aromatic heterocycles. The Morgan fingerprint density at radius 2 is 1.53 bits per heavy atom. The van der Waals surface area contributed by atoms with Crippen LogP contribution in [0.5, 0.6) is 0 Å². The number of carbonyl (C=O) groups excluding carboxylic acids is 1. The third kappa shape index (κ3) is 12.6. The summed E-state index contributed by atoms with van der Waals surface area (Å²) in [6, 6.07) is 0. The molecule has 1 aliphatic heterocycles. The van der Waals surface area contributed by atoms with E-state index in [1.165, 1.54) is 7.11 Å². The molecule has 0 spiro atoms. The molecule has 38 heavy (non-hydrogen) atoms. The number of unbranched alkanes of at least 4 members (excludes halogenated alkanes) is 1. The number of allylic oxidation sites excluding steroid dienone is 8. The second kappa shape index (κ2) is 17.4. The lowest BCUT2D eigenvalue weighted by atomic mass is 9.88. The van der Waals surface area contributed by atoms with Crippen LogP contribution in [0, 0.1) is 5.92 Å². The zero-order valence-corrected chi connectivity index (χ0v) is 25.0. The molecule has 0 bridgehead atoms. The van der Waals surface area contributed by atoms with Crippen molar-refractivity contribution in [3.63, 3.8) is 0 Å². The first-order valence-electron chi connectivity index (χ1n) is 13.5. The smallest absolute Gasteiger partial charge is 0.435 e. The van der Waals surface area contributed by atoms with Gasteiger partial charge in [-0.05, 0) is 78.7 Å². The Bertz CT molecular complexity index is 878. The molecular formula is C31H49BO6. The van der Waals surface area contributed by atoms with E-state index < -0.39 is 5.97 Å². The van der Waals surface area contributed by atoms with Crippen molar-refractivity contribution in [1.82, 2.24) is 0 Å². The molecule has 212 valence electrons. The maximum absolute atomic E-state index is 11.8. The molecule has 0 aromatic rings. The Hall–Kier alpha value is -2.19. The highest BCUT2D eigenvalue weighted by molar-refractivity contribution is 6.51. The van der Waals surface area contributed by atoms with E-state index in [1.54, 1.807) is 20.1 Å². The van der Waals surface area contributed by atoms with Crippen LogP contribution in [0.15, 0.2) is 71.8 Å². The zero-order chi connectivity index (χ0) is 28.6. The van der Waals surface area contributed by atoms with E-state index in [4.69, 9.17) is 23.5 Å². The number of ether oxygens (including phenoxy) is 3. The van der Waals surface area contributed by atoms with E-state index in [0.717, 1.165) is 31.3 Å². The third-order valence-corrected chi connectivity index (χ3v) is 6.79. The lowest BCUT2D eigenvalue weighted by molar-refractivity contribution is -0.149. The van der Waals surface area contributed by atoms with Gasteiger partial charge in [-0.2, -0.15) is 0 Å². The number of hydrogen-bond acceptors (Lipinski definition) is 6. The number of carbonyl (C=O) groups is 1. The standard InChI is InChI=1S/C31H49BO6/c1-25(22-23-32-37-30(4,5)31(6,7)38-32)18-16-14-12-10-11-13-15-17-19-28(35-9)26(2)20-21-27(3)29(33)36-24-34-8/h11,13-17,20-23,25,28H,10,12,18-19,24H2,1-9H3/b13-11+,16-14+,17-15+,23-22+,26-20+,27-21+/t25-,28+/m0/s1. The summed E-state index contributed by atoms with van der Waals surface area (Å²) in [4.78, 5) is 11.8. The minimum Gasteiger partial charge on any atom is -0.435 e. The monoisotopic (exact) mass is 528 g/mol. The Kier molecular flexibility index (Phi) is 15.5. The second-order valence-electron chi connectivity index (χ2n) is 10.7. The highest BCUT2D eigenvalue weighted by Crippen LogP contribution is 2.37. The Morgan fingerprint density at radius 1 is 0.895 bits per heavy atom. The van der Waals surface area contributed by atoms with Gasteiger partial charge < -0.3 is 23.5 Å². The van der Waals surface area contributed by atoms with Crippen molar-refractivity contribution in [2.24, 2.45) is 5.92 Å². The predicted octanol–water partition coefficient (Wildman–Crippen LogP) is 7.09. The summed E-state index contributed by atoms with van der Waals surface area (Å²) in [6.07, 6.45) is 22.4. The maximum Gasteiger partial charge on any atom is 0.486 e. The molecule has 1 fully saturated rings. The fraction of sp³-hybridized carbons (Fsp3) is 0.581. The molecule has 2 atom stereocenters. The summed E-state index contributed by atoms with van der Waals surface area (Å²) in [5.74, 6) is 2.07. The van der Waals surface area contributed by atoms with Gasteiger partial charge >= 0.3 is 13.1 Å². The highest BCUT2D eigenvalue weighted by Gasteiger charge is 2.50. The molecule has 0 unspecified atom stereocenters. The minimum atomic E-state index is -0.394. The van der Waals surface area contributed by atoms with Gasteiger partial charge in [-0.25, -0.2) is 4.79 Å². The molecule has 6 nitrogen and oxygen atoms in total. The van der Waals surface area contributed by atoms with Crippen LogP contribution in [0.1, 0.15) is 74.1 Å². The fourth-order valence-electron chi connectivity index (χ4n) is 3.53. The lowest BCUT2D eigenvalue weighted by Crippen LogP contribution is -2.41. The quantitative estimate of drug-likeness (QED) is 0.0405. The van der Waals surface area contributed by atoms with Crippen LogP contribution in [0.25, 0.3) is 0 Å². The van der Waals surface area contributed by atoms with Crippen molar-refractivity contribution in [1.29, 1.82) is 0 Å². The van der Waals surface area contributed by atoms with Gasteiger partial charge in [0.1, 0.15) is 0 Å².